The van der Waals surface area contributed by atoms with Crippen molar-refractivity contribution in [3.05, 3.63) is 60.5 Å². The molecule has 2 heterocycles. The van der Waals surface area contributed by atoms with Crippen molar-refractivity contribution in [3.63, 3.8) is 0 Å². The molecule has 0 bridgehead atoms. The summed E-state index contributed by atoms with van der Waals surface area (Å²) in [6.45, 7) is 0.168. The van der Waals surface area contributed by atoms with E-state index in [0.29, 0.717) is 11.5 Å². The Hall–Kier alpha value is -3.55. The van der Waals surface area contributed by atoms with Crippen LogP contribution in [0.25, 0.3) is 10.8 Å². The topological polar surface area (TPSA) is 119 Å². The van der Waals surface area contributed by atoms with Crippen molar-refractivity contribution in [1.82, 2.24) is 10.1 Å². The number of amides is 2. The van der Waals surface area contributed by atoms with Crippen LogP contribution >= 0.6 is 0 Å². The van der Waals surface area contributed by atoms with Gasteiger partial charge in [0.1, 0.15) is 23.5 Å². The first kappa shape index (κ1) is 18.8. The van der Waals surface area contributed by atoms with Gasteiger partial charge in [-0.1, -0.05) is 35.5 Å². The Bertz CT molecular complexity index is 1040. The molecule has 8 nitrogen and oxygen atoms in total. The van der Waals surface area contributed by atoms with Crippen molar-refractivity contribution in [2.75, 3.05) is 13.2 Å². The zero-order chi connectivity index (χ0) is 20.4. The Kier molecular flexibility index (Phi) is 4.84. The van der Waals surface area contributed by atoms with Crippen LogP contribution in [0.2, 0.25) is 0 Å². The number of ether oxygens (including phenoxy) is 1. The van der Waals surface area contributed by atoms with E-state index >= 15 is 0 Å². The minimum atomic E-state index is -1.17. The van der Waals surface area contributed by atoms with Gasteiger partial charge < -0.3 is 25.0 Å². The van der Waals surface area contributed by atoms with E-state index in [1.807, 2.05) is 42.5 Å². The zero-order valence-corrected chi connectivity index (χ0v) is 15.7. The van der Waals surface area contributed by atoms with Crippen LogP contribution in [-0.4, -0.2) is 46.4 Å². The molecular formula is C21H21N3O5. The predicted octanol–water partition coefficient (Wildman–Crippen LogP) is 2.67. The summed E-state index contributed by atoms with van der Waals surface area (Å²) in [4.78, 5) is 25.5. The number of likely N-dealkylation sites (tertiary alicyclic amines) is 1. The standard InChI is InChI=1S/C21H21N3O5/c22-19(25)21(13-28-16-6-5-14-3-1-2-4-15(14)11-16)8-10-24(20(26)27)18(21)12-17-7-9-23-29-17/h1-7,9,11,18H,8,10,12-13H2,(H2,22,25)(H,26,27)/t18-,21?/m0/s1. The van der Waals surface area contributed by atoms with E-state index in [1.54, 1.807) is 6.07 Å². The third kappa shape index (κ3) is 3.49. The van der Waals surface area contributed by atoms with E-state index in [1.165, 1.54) is 11.1 Å². The molecule has 0 saturated carbocycles. The Morgan fingerprint density at radius 2 is 2.03 bits per heavy atom. The lowest BCUT2D eigenvalue weighted by Gasteiger charge is -2.34. The molecule has 1 unspecified atom stereocenters. The molecule has 8 heteroatoms. The van der Waals surface area contributed by atoms with Crippen LogP contribution in [0.3, 0.4) is 0 Å². The fourth-order valence-corrected chi connectivity index (χ4v) is 4.01. The van der Waals surface area contributed by atoms with Crippen LogP contribution in [0, 0.1) is 5.41 Å². The Labute approximate surface area is 166 Å². The van der Waals surface area contributed by atoms with Gasteiger partial charge in [0.15, 0.2) is 0 Å². The molecule has 150 valence electrons. The summed E-state index contributed by atoms with van der Waals surface area (Å²) in [5.74, 6) is 0.488. The normalized spacial score (nSPS) is 21.4. The number of carboxylic acid groups (broad SMARTS) is 1. The predicted molar refractivity (Wildman–Crippen MR) is 104 cm³/mol. The summed E-state index contributed by atoms with van der Waals surface area (Å²) >= 11 is 0. The molecule has 1 aromatic heterocycles. The number of fused-ring (bicyclic) bond motifs is 1. The highest BCUT2D eigenvalue weighted by atomic mass is 16.5. The number of carbonyl (C=O) groups excluding carboxylic acids is 1. The second kappa shape index (κ2) is 7.46. The second-order valence-electron chi connectivity index (χ2n) is 7.24. The van der Waals surface area contributed by atoms with Crippen molar-refractivity contribution in [2.45, 2.75) is 18.9 Å². The number of aromatic nitrogens is 1. The molecule has 4 rings (SSSR count). The molecule has 3 N–H and O–H groups in total. The molecule has 2 aromatic carbocycles. The van der Waals surface area contributed by atoms with Crippen molar-refractivity contribution < 1.29 is 24.0 Å². The van der Waals surface area contributed by atoms with Gasteiger partial charge in [-0.2, -0.15) is 0 Å². The molecule has 0 spiro atoms. The molecule has 1 aliphatic heterocycles. The largest absolute Gasteiger partial charge is 0.492 e. The van der Waals surface area contributed by atoms with Gasteiger partial charge in [-0.25, -0.2) is 4.79 Å². The smallest absolute Gasteiger partial charge is 0.407 e. The maximum atomic E-state index is 12.5. The van der Waals surface area contributed by atoms with Gasteiger partial charge in [0, 0.05) is 19.0 Å². The summed E-state index contributed by atoms with van der Waals surface area (Å²) in [5.41, 5.74) is 4.61. The fraction of sp³-hybridized carbons (Fsp3) is 0.286. The van der Waals surface area contributed by atoms with Gasteiger partial charge in [0.2, 0.25) is 5.91 Å². The van der Waals surface area contributed by atoms with Crippen LogP contribution in [0.1, 0.15) is 12.2 Å². The lowest BCUT2D eigenvalue weighted by atomic mass is 9.78. The van der Waals surface area contributed by atoms with Crippen molar-refractivity contribution in [1.29, 1.82) is 0 Å². The van der Waals surface area contributed by atoms with Crippen LogP contribution in [0.15, 0.2) is 59.3 Å². The minimum Gasteiger partial charge on any atom is -0.492 e. The van der Waals surface area contributed by atoms with E-state index in [2.05, 4.69) is 5.16 Å². The van der Waals surface area contributed by atoms with E-state index < -0.39 is 23.5 Å². The van der Waals surface area contributed by atoms with Crippen molar-refractivity contribution in [2.24, 2.45) is 11.1 Å². The molecule has 1 saturated heterocycles. The highest BCUT2D eigenvalue weighted by Crippen LogP contribution is 2.39. The molecule has 0 aliphatic carbocycles. The zero-order valence-electron chi connectivity index (χ0n) is 15.7. The van der Waals surface area contributed by atoms with Gasteiger partial charge in [-0.15, -0.1) is 0 Å². The average molecular weight is 395 g/mol. The molecule has 29 heavy (non-hydrogen) atoms. The molecule has 3 aromatic rings. The quantitative estimate of drug-likeness (QED) is 0.662. The van der Waals surface area contributed by atoms with Crippen LogP contribution in [0.4, 0.5) is 4.79 Å². The number of nitrogens with two attached hydrogens (primary N) is 1. The number of hydrogen-bond acceptors (Lipinski definition) is 5. The summed E-state index contributed by atoms with van der Waals surface area (Å²) < 4.78 is 11.1. The van der Waals surface area contributed by atoms with Crippen LogP contribution in [-0.2, 0) is 11.2 Å². The van der Waals surface area contributed by atoms with E-state index in [9.17, 15) is 14.7 Å². The Balaban J connectivity index is 1.62. The van der Waals surface area contributed by atoms with Crippen molar-refractivity contribution >= 4 is 22.8 Å². The number of carbonyl (C=O) groups is 2. The minimum absolute atomic E-state index is 0.0245. The molecule has 1 fully saturated rings. The van der Waals surface area contributed by atoms with Gasteiger partial charge in [-0.3, -0.25) is 4.79 Å². The summed E-state index contributed by atoms with van der Waals surface area (Å²) in [6, 6.07) is 14.5. The molecule has 2 atom stereocenters. The molecule has 1 aliphatic rings. The fourth-order valence-electron chi connectivity index (χ4n) is 4.01. The SMILES string of the molecule is NC(=O)C1(COc2ccc3ccccc3c2)CCN(C(=O)O)[C@H]1Cc1ccno1. The third-order valence-electron chi connectivity index (χ3n) is 5.65. The van der Waals surface area contributed by atoms with E-state index in [4.69, 9.17) is 15.0 Å². The monoisotopic (exact) mass is 395 g/mol. The first-order chi connectivity index (χ1) is 14.0. The summed E-state index contributed by atoms with van der Waals surface area (Å²) in [7, 11) is 0. The first-order valence-electron chi connectivity index (χ1n) is 9.30. The first-order valence-corrected chi connectivity index (χ1v) is 9.30. The van der Waals surface area contributed by atoms with Crippen LogP contribution in [0.5, 0.6) is 5.75 Å². The van der Waals surface area contributed by atoms with Gasteiger partial charge in [0.25, 0.3) is 0 Å². The van der Waals surface area contributed by atoms with Gasteiger partial charge in [-0.05, 0) is 29.3 Å². The Morgan fingerprint density at radius 3 is 2.72 bits per heavy atom. The Morgan fingerprint density at radius 1 is 1.24 bits per heavy atom. The second-order valence-corrected chi connectivity index (χ2v) is 7.24. The number of primary amides is 1. The maximum absolute atomic E-state index is 12.5. The average Bonchev–Trinajstić information content (AvgIpc) is 3.35. The van der Waals surface area contributed by atoms with E-state index in [0.717, 1.165) is 10.8 Å². The molecular weight excluding hydrogens is 374 g/mol. The lowest BCUT2D eigenvalue weighted by molar-refractivity contribution is -0.131. The maximum Gasteiger partial charge on any atom is 0.407 e. The lowest BCUT2D eigenvalue weighted by Crippen LogP contribution is -2.53. The summed E-state index contributed by atoms with van der Waals surface area (Å²) in [5, 5.41) is 15.4. The summed E-state index contributed by atoms with van der Waals surface area (Å²) in [6.07, 6.45) is 0.841. The number of rotatable bonds is 6. The molecule has 2 amide bonds. The van der Waals surface area contributed by atoms with Crippen molar-refractivity contribution in [3.8, 4) is 5.75 Å². The van der Waals surface area contributed by atoms with Gasteiger partial charge in [0.05, 0.1) is 12.2 Å². The highest BCUT2D eigenvalue weighted by Gasteiger charge is 2.54. The molecule has 0 radical (unpaired) electrons. The van der Waals surface area contributed by atoms with Gasteiger partial charge >= 0.3 is 6.09 Å². The highest BCUT2D eigenvalue weighted by molar-refractivity contribution is 5.85. The number of nitrogens with zero attached hydrogens (tertiary/aromatic N) is 2. The number of hydrogen-bond donors (Lipinski definition) is 2. The van der Waals surface area contributed by atoms with Crippen LogP contribution < -0.4 is 10.5 Å². The number of benzene rings is 2. The third-order valence-corrected chi connectivity index (χ3v) is 5.65. The van der Waals surface area contributed by atoms with E-state index in [-0.39, 0.29) is 26.0 Å².